The summed E-state index contributed by atoms with van der Waals surface area (Å²) in [5.41, 5.74) is 1.60. The highest BCUT2D eigenvalue weighted by atomic mass is 16.5. The van der Waals surface area contributed by atoms with Crippen LogP contribution in [0.25, 0.3) is 0 Å². The number of aryl methyl sites for hydroxylation is 2. The lowest BCUT2D eigenvalue weighted by Crippen LogP contribution is -2.45. The summed E-state index contributed by atoms with van der Waals surface area (Å²) in [6.07, 6.45) is 6.20. The van der Waals surface area contributed by atoms with E-state index in [0.29, 0.717) is 31.2 Å². The average Bonchev–Trinajstić information content (AvgIpc) is 2.99. The van der Waals surface area contributed by atoms with E-state index in [2.05, 4.69) is 15.0 Å². The third-order valence-corrected chi connectivity index (χ3v) is 3.73. The van der Waals surface area contributed by atoms with Gasteiger partial charge >= 0.3 is 0 Å². The third-order valence-electron chi connectivity index (χ3n) is 3.73. The SMILES string of the molecule is Cc1ncoc1C(=O)N1CCOC(CCc2ccncn2)C1. The zero-order chi connectivity index (χ0) is 15.4. The van der Waals surface area contributed by atoms with Crippen LogP contribution in [-0.4, -0.2) is 51.6 Å². The van der Waals surface area contributed by atoms with Crippen molar-refractivity contribution in [2.75, 3.05) is 19.7 Å². The van der Waals surface area contributed by atoms with E-state index in [1.54, 1.807) is 24.3 Å². The van der Waals surface area contributed by atoms with Crippen molar-refractivity contribution in [1.29, 1.82) is 0 Å². The molecule has 1 amide bonds. The normalized spacial score (nSPS) is 18.4. The number of nitrogens with zero attached hydrogens (tertiary/aromatic N) is 4. The third kappa shape index (κ3) is 3.30. The van der Waals surface area contributed by atoms with Gasteiger partial charge in [-0.1, -0.05) is 0 Å². The first kappa shape index (κ1) is 14.6. The number of amides is 1. The largest absolute Gasteiger partial charge is 0.438 e. The lowest BCUT2D eigenvalue weighted by Gasteiger charge is -2.32. The molecule has 0 saturated carbocycles. The van der Waals surface area contributed by atoms with Crippen molar-refractivity contribution in [3.05, 3.63) is 42.1 Å². The Balaban J connectivity index is 1.57. The van der Waals surface area contributed by atoms with Crippen LogP contribution in [0.5, 0.6) is 0 Å². The Labute approximate surface area is 128 Å². The van der Waals surface area contributed by atoms with Gasteiger partial charge in [0.1, 0.15) is 6.33 Å². The second kappa shape index (κ2) is 6.65. The molecule has 0 N–H and O–H groups in total. The molecule has 1 fully saturated rings. The molecule has 1 saturated heterocycles. The van der Waals surface area contributed by atoms with E-state index in [1.165, 1.54) is 6.39 Å². The summed E-state index contributed by atoms with van der Waals surface area (Å²) >= 11 is 0. The van der Waals surface area contributed by atoms with Crippen molar-refractivity contribution in [3.8, 4) is 0 Å². The van der Waals surface area contributed by atoms with Crippen LogP contribution in [0.3, 0.4) is 0 Å². The number of rotatable bonds is 4. The molecule has 7 heteroatoms. The molecule has 3 rings (SSSR count). The van der Waals surface area contributed by atoms with Gasteiger partial charge < -0.3 is 14.1 Å². The molecule has 0 aromatic carbocycles. The Morgan fingerprint density at radius 1 is 1.45 bits per heavy atom. The van der Waals surface area contributed by atoms with Gasteiger partial charge in [-0.05, 0) is 25.8 Å². The highest BCUT2D eigenvalue weighted by Crippen LogP contribution is 2.15. The van der Waals surface area contributed by atoms with Crippen molar-refractivity contribution < 1.29 is 13.9 Å². The van der Waals surface area contributed by atoms with Crippen molar-refractivity contribution >= 4 is 5.91 Å². The molecule has 116 valence electrons. The predicted octanol–water partition coefficient (Wildman–Crippen LogP) is 1.25. The Hall–Kier alpha value is -2.28. The summed E-state index contributed by atoms with van der Waals surface area (Å²) in [5, 5.41) is 0. The Morgan fingerprint density at radius 3 is 3.09 bits per heavy atom. The Bertz CT molecular complexity index is 629. The van der Waals surface area contributed by atoms with E-state index in [-0.39, 0.29) is 12.0 Å². The van der Waals surface area contributed by atoms with E-state index >= 15 is 0 Å². The molecule has 0 radical (unpaired) electrons. The molecule has 2 aromatic rings. The van der Waals surface area contributed by atoms with Crippen LogP contribution in [0.15, 0.2) is 29.4 Å². The molecule has 3 heterocycles. The lowest BCUT2D eigenvalue weighted by atomic mass is 10.1. The number of morpholine rings is 1. The highest BCUT2D eigenvalue weighted by molar-refractivity contribution is 5.92. The molecule has 22 heavy (non-hydrogen) atoms. The standard InChI is InChI=1S/C15H18N4O3/c1-11-14(22-10-18-11)15(20)19-6-7-21-13(8-19)3-2-12-4-5-16-9-17-12/h4-5,9-10,13H,2-3,6-8H2,1H3. The molecule has 2 aromatic heterocycles. The minimum atomic E-state index is -0.120. The number of oxazole rings is 1. The molecular weight excluding hydrogens is 284 g/mol. The van der Waals surface area contributed by atoms with Crippen molar-refractivity contribution in [3.63, 3.8) is 0 Å². The molecule has 7 nitrogen and oxygen atoms in total. The number of ether oxygens (including phenoxy) is 1. The number of hydrogen-bond donors (Lipinski definition) is 0. The predicted molar refractivity (Wildman–Crippen MR) is 77.2 cm³/mol. The van der Waals surface area contributed by atoms with Gasteiger partial charge in [-0.25, -0.2) is 15.0 Å². The first-order valence-electron chi connectivity index (χ1n) is 7.30. The summed E-state index contributed by atoms with van der Waals surface area (Å²) < 4.78 is 10.9. The molecule has 0 bridgehead atoms. The van der Waals surface area contributed by atoms with Gasteiger partial charge in [0.15, 0.2) is 6.39 Å². The second-order valence-electron chi connectivity index (χ2n) is 5.25. The topological polar surface area (TPSA) is 81.4 Å². The molecule has 0 aliphatic carbocycles. The zero-order valence-corrected chi connectivity index (χ0v) is 12.4. The molecule has 1 atom stereocenters. The fourth-order valence-corrected chi connectivity index (χ4v) is 2.50. The summed E-state index contributed by atoms with van der Waals surface area (Å²) in [7, 11) is 0. The number of hydrogen-bond acceptors (Lipinski definition) is 6. The maximum Gasteiger partial charge on any atom is 0.291 e. The van der Waals surface area contributed by atoms with Crippen LogP contribution >= 0.6 is 0 Å². The smallest absolute Gasteiger partial charge is 0.291 e. The van der Waals surface area contributed by atoms with Crippen LogP contribution in [0.4, 0.5) is 0 Å². The molecular formula is C15H18N4O3. The van der Waals surface area contributed by atoms with E-state index < -0.39 is 0 Å². The summed E-state index contributed by atoms with van der Waals surface area (Å²) in [6, 6.07) is 1.89. The summed E-state index contributed by atoms with van der Waals surface area (Å²) in [5.74, 6) is 0.196. The van der Waals surface area contributed by atoms with E-state index in [1.807, 2.05) is 6.07 Å². The van der Waals surface area contributed by atoms with Gasteiger partial charge in [0.05, 0.1) is 18.4 Å². The van der Waals surface area contributed by atoms with Crippen molar-refractivity contribution in [2.45, 2.75) is 25.9 Å². The second-order valence-corrected chi connectivity index (χ2v) is 5.25. The summed E-state index contributed by atoms with van der Waals surface area (Å²) in [4.78, 5) is 26.3. The van der Waals surface area contributed by atoms with Gasteiger partial charge in [0, 0.05) is 25.0 Å². The molecule has 1 aliphatic rings. The van der Waals surface area contributed by atoms with Gasteiger partial charge in [0.25, 0.3) is 5.91 Å². The van der Waals surface area contributed by atoms with Crippen LogP contribution in [0, 0.1) is 6.92 Å². The molecule has 1 aliphatic heterocycles. The van der Waals surface area contributed by atoms with Gasteiger partial charge in [-0.2, -0.15) is 0 Å². The molecule has 0 spiro atoms. The Kier molecular flexibility index (Phi) is 4.43. The minimum absolute atomic E-state index is 0.0101. The quantitative estimate of drug-likeness (QED) is 0.845. The maximum absolute atomic E-state index is 12.4. The zero-order valence-electron chi connectivity index (χ0n) is 12.4. The number of carbonyl (C=O) groups excluding carboxylic acids is 1. The van der Waals surface area contributed by atoms with E-state index in [9.17, 15) is 4.79 Å². The maximum atomic E-state index is 12.4. The lowest BCUT2D eigenvalue weighted by molar-refractivity contribution is -0.0256. The van der Waals surface area contributed by atoms with Crippen LogP contribution in [0.1, 0.15) is 28.4 Å². The van der Waals surface area contributed by atoms with Gasteiger partial charge in [-0.3, -0.25) is 4.79 Å². The minimum Gasteiger partial charge on any atom is -0.438 e. The van der Waals surface area contributed by atoms with Gasteiger partial charge in [0.2, 0.25) is 5.76 Å². The van der Waals surface area contributed by atoms with Crippen LogP contribution in [-0.2, 0) is 11.2 Å². The van der Waals surface area contributed by atoms with Crippen LogP contribution in [0.2, 0.25) is 0 Å². The highest BCUT2D eigenvalue weighted by Gasteiger charge is 2.27. The van der Waals surface area contributed by atoms with E-state index in [0.717, 1.165) is 18.5 Å². The number of carbonyl (C=O) groups is 1. The molecule has 1 unspecified atom stereocenters. The first-order chi connectivity index (χ1) is 10.7. The first-order valence-corrected chi connectivity index (χ1v) is 7.30. The van der Waals surface area contributed by atoms with Crippen LogP contribution < -0.4 is 0 Å². The van der Waals surface area contributed by atoms with E-state index in [4.69, 9.17) is 9.15 Å². The van der Waals surface area contributed by atoms with Gasteiger partial charge in [-0.15, -0.1) is 0 Å². The Morgan fingerprint density at radius 2 is 2.36 bits per heavy atom. The average molecular weight is 302 g/mol. The fourth-order valence-electron chi connectivity index (χ4n) is 2.50. The van der Waals surface area contributed by atoms with Crippen molar-refractivity contribution in [2.24, 2.45) is 0 Å². The summed E-state index contributed by atoms with van der Waals surface area (Å²) in [6.45, 7) is 3.43. The monoisotopic (exact) mass is 302 g/mol. The van der Waals surface area contributed by atoms with Crippen molar-refractivity contribution in [1.82, 2.24) is 19.9 Å². The number of aromatic nitrogens is 3. The fraction of sp³-hybridized carbons (Fsp3) is 0.467.